The predicted molar refractivity (Wildman–Crippen MR) is 105 cm³/mol. The smallest absolute Gasteiger partial charge is 0.307 e. The van der Waals surface area contributed by atoms with Gasteiger partial charge in [-0.2, -0.15) is 11.3 Å². The molecule has 1 unspecified atom stereocenters. The van der Waals surface area contributed by atoms with E-state index < -0.39 is 17.9 Å². The van der Waals surface area contributed by atoms with Gasteiger partial charge in [-0.15, -0.1) is 10.2 Å². The molecule has 0 aliphatic heterocycles. The lowest BCUT2D eigenvalue weighted by Gasteiger charge is -2.18. The fraction of sp³-hybridized carbons (Fsp3) is 0.143. The van der Waals surface area contributed by atoms with Crippen LogP contribution < -0.4 is 0 Å². The van der Waals surface area contributed by atoms with Crippen LogP contribution in [-0.2, 0) is 16.0 Å². The maximum atomic E-state index is 13.7. The third-order valence-electron chi connectivity index (χ3n) is 4.14. The molecule has 4 aromatic rings. The van der Waals surface area contributed by atoms with Crippen LogP contribution in [0.4, 0.5) is 4.39 Å². The number of hydrogen-bond acceptors (Lipinski definition) is 7. The summed E-state index contributed by atoms with van der Waals surface area (Å²) in [6.45, 7) is 0. The van der Waals surface area contributed by atoms with E-state index in [9.17, 15) is 9.18 Å². The fourth-order valence-corrected chi connectivity index (χ4v) is 3.39. The summed E-state index contributed by atoms with van der Waals surface area (Å²) in [7, 11) is 0. The maximum absolute atomic E-state index is 13.7. The summed E-state index contributed by atoms with van der Waals surface area (Å²) in [6.07, 6.45) is 1.08. The van der Waals surface area contributed by atoms with Gasteiger partial charge in [0.1, 0.15) is 5.82 Å². The molecule has 0 saturated carbocycles. The number of rotatable bonds is 7. The first-order valence-electron chi connectivity index (χ1n) is 8.90. The quantitative estimate of drug-likeness (QED) is 0.415. The van der Waals surface area contributed by atoms with E-state index in [4.69, 9.17) is 9.15 Å². The van der Waals surface area contributed by atoms with Crippen molar-refractivity contribution in [2.75, 3.05) is 0 Å². The Morgan fingerprint density at radius 2 is 2.10 bits per heavy atom. The van der Waals surface area contributed by atoms with Gasteiger partial charge in [0.15, 0.2) is 6.10 Å². The van der Waals surface area contributed by atoms with Crippen molar-refractivity contribution in [3.05, 3.63) is 88.5 Å². The van der Waals surface area contributed by atoms with Gasteiger partial charge < -0.3 is 9.15 Å². The van der Waals surface area contributed by atoms with Crippen molar-refractivity contribution in [2.24, 2.45) is 0 Å². The summed E-state index contributed by atoms with van der Waals surface area (Å²) in [6, 6.07) is 13.1. The summed E-state index contributed by atoms with van der Waals surface area (Å²) < 4.78 is 24.9. The van der Waals surface area contributed by atoms with Crippen molar-refractivity contribution in [3.8, 4) is 11.5 Å². The molecule has 146 valence electrons. The minimum absolute atomic E-state index is 0.0456. The number of thiophene rings is 1. The highest BCUT2D eigenvalue weighted by Gasteiger charge is 2.21. The topological polar surface area (TPSA) is 78.1 Å². The summed E-state index contributed by atoms with van der Waals surface area (Å²) in [5.74, 6) is -0.115. The average Bonchev–Trinajstić information content (AvgIpc) is 3.43. The molecule has 0 spiro atoms. The van der Waals surface area contributed by atoms with Crippen molar-refractivity contribution in [3.63, 3.8) is 0 Å². The number of hydrogen-bond donors (Lipinski definition) is 0. The summed E-state index contributed by atoms with van der Waals surface area (Å²) in [5, 5.41) is 11.8. The van der Waals surface area contributed by atoms with Gasteiger partial charge in [-0.05, 0) is 35.7 Å². The number of nitrogens with zero attached hydrogens (tertiary/aromatic N) is 3. The molecule has 0 fully saturated rings. The minimum Gasteiger partial charge on any atom is -0.451 e. The molecule has 3 aromatic heterocycles. The van der Waals surface area contributed by atoms with Gasteiger partial charge in [0, 0.05) is 29.1 Å². The van der Waals surface area contributed by atoms with Gasteiger partial charge in [-0.3, -0.25) is 9.78 Å². The summed E-state index contributed by atoms with van der Waals surface area (Å²) >= 11 is 1.53. The highest BCUT2D eigenvalue weighted by Crippen LogP contribution is 2.26. The van der Waals surface area contributed by atoms with Gasteiger partial charge in [0.2, 0.25) is 11.8 Å². The zero-order valence-corrected chi connectivity index (χ0v) is 16.0. The van der Waals surface area contributed by atoms with Crippen LogP contribution in [0.25, 0.3) is 11.5 Å². The second-order valence-corrected chi connectivity index (χ2v) is 6.97. The highest BCUT2D eigenvalue weighted by molar-refractivity contribution is 7.08. The number of carbonyl (C=O) groups excluding carboxylic acids is 1. The lowest BCUT2D eigenvalue weighted by molar-refractivity contribution is -0.147. The van der Waals surface area contributed by atoms with E-state index in [1.807, 2.05) is 16.8 Å². The number of carbonyl (C=O) groups is 1. The molecular weight excluding hydrogens is 393 g/mol. The molecule has 0 N–H and O–H groups in total. The Morgan fingerprint density at radius 1 is 1.17 bits per heavy atom. The standard InChI is InChI=1S/C21H16FN3O3S/c22-16-5-3-4-14(12-16)20(17-6-1-2-10-23-17)28-19(26)8-7-18-24-25-21(27-18)15-9-11-29-13-15/h1-6,9-13,20H,7-8H2. The van der Waals surface area contributed by atoms with Crippen LogP contribution >= 0.6 is 11.3 Å². The second kappa shape index (κ2) is 8.74. The molecule has 4 rings (SSSR count). The molecular formula is C21H16FN3O3S. The van der Waals surface area contributed by atoms with Gasteiger partial charge in [0.25, 0.3) is 0 Å². The predicted octanol–water partition coefficient (Wildman–Crippen LogP) is 4.60. The van der Waals surface area contributed by atoms with Crippen molar-refractivity contribution in [1.29, 1.82) is 0 Å². The number of esters is 1. The Labute approximate surface area is 170 Å². The number of halogens is 1. The van der Waals surface area contributed by atoms with E-state index in [1.54, 1.807) is 36.5 Å². The molecule has 6 nitrogen and oxygen atoms in total. The number of ether oxygens (including phenoxy) is 1. The molecule has 0 bridgehead atoms. The highest BCUT2D eigenvalue weighted by atomic mass is 32.1. The van der Waals surface area contributed by atoms with Crippen LogP contribution in [0.15, 0.2) is 69.9 Å². The second-order valence-electron chi connectivity index (χ2n) is 6.19. The summed E-state index contributed by atoms with van der Waals surface area (Å²) in [4.78, 5) is 16.7. The molecule has 0 aliphatic carbocycles. The Kier molecular flexibility index (Phi) is 5.71. The van der Waals surface area contributed by atoms with Crippen LogP contribution in [-0.4, -0.2) is 21.2 Å². The Morgan fingerprint density at radius 3 is 2.86 bits per heavy atom. The van der Waals surface area contributed by atoms with Crippen LogP contribution in [0.2, 0.25) is 0 Å². The normalized spacial score (nSPS) is 11.9. The van der Waals surface area contributed by atoms with E-state index in [0.717, 1.165) is 5.56 Å². The van der Waals surface area contributed by atoms with Gasteiger partial charge in [0.05, 0.1) is 12.1 Å². The summed E-state index contributed by atoms with van der Waals surface area (Å²) in [5.41, 5.74) is 1.87. The third kappa shape index (κ3) is 4.72. The van der Waals surface area contributed by atoms with Crippen molar-refractivity contribution in [1.82, 2.24) is 15.2 Å². The van der Waals surface area contributed by atoms with Crippen LogP contribution in [0.5, 0.6) is 0 Å². The van der Waals surface area contributed by atoms with Crippen molar-refractivity contribution >= 4 is 17.3 Å². The average molecular weight is 409 g/mol. The molecule has 8 heteroatoms. The fourth-order valence-electron chi connectivity index (χ4n) is 2.76. The zero-order valence-electron chi connectivity index (χ0n) is 15.2. The van der Waals surface area contributed by atoms with Gasteiger partial charge in [-0.1, -0.05) is 18.2 Å². The van der Waals surface area contributed by atoms with E-state index in [1.165, 1.54) is 23.5 Å². The molecule has 0 amide bonds. The first-order chi connectivity index (χ1) is 14.2. The van der Waals surface area contributed by atoms with E-state index >= 15 is 0 Å². The number of aryl methyl sites for hydroxylation is 1. The van der Waals surface area contributed by atoms with E-state index in [-0.39, 0.29) is 12.8 Å². The molecule has 0 radical (unpaired) electrons. The molecule has 3 heterocycles. The van der Waals surface area contributed by atoms with Crippen LogP contribution in [0.1, 0.15) is 29.7 Å². The Balaban J connectivity index is 1.44. The third-order valence-corrected chi connectivity index (χ3v) is 4.82. The van der Waals surface area contributed by atoms with E-state index in [2.05, 4.69) is 15.2 Å². The lowest BCUT2D eigenvalue weighted by atomic mass is 10.1. The molecule has 1 atom stereocenters. The molecule has 1 aromatic carbocycles. The monoisotopic (exact) mass is 409 g/mol. The zero-order chi connectivity index (χ0) is 20.1. The number of aromatic nitrogens is 3. The van der Waals surface area contributed by atoms with E-state index in [0.29, 0.717) is 23.0 Å². The first kappa shape index (κ1) is 18.9. The molecule has 0 aliphatic rings. The Hall–Kier alpha value is -3.39. The Bertz CT molecular complexity index is 1080. The number of pyridine rings is 1. The SMILES string of the molecule is O=C(CCc1nnc(-c2ccsc2)o1)OC(c1cccc(F)c1)c1ccccn1. The largest absolute Gasteiger partial charge is 0.451 e. The minimum atomic E-state index is -0.802. The van der Waals surface area contributed by atoms with Crippen molar-refractivity contribution < 1.29 is 18.3 Å². The lowest BCUT2D eigenvalue weighted by Crippen LogP contribution is -2.14. The maximum Gasteiger partial charge on any atom is 0.307 e. The van der Waals surface area contributed by atoms with Crippen LogP contribution in [0.3, 0.4) is 0 Å². The van der Waals surface area contributed by atoms with Gasteiger partial charge >= 0.3 is 5.97 Å². The molecule has 0 saturated heterocycles. The van der Waals surface area contributed by atoms with Crippen molar-refractivity contribution in [2.45, 2.75) is 18.9 Å². The molecule has 29 heavy (non-hydrogen) atoms. The first-order valence-corrected chi connectivity index (χ1v) is 9.84. The van der Waals surface area contributed by atoms with Crippen LogP contribution in [0, 0.1) is 5.82 Å². The van der Waals surface area contributed by atoms with Gasteiger partial charge in [-0.25, -0.2) is 4.39 Å². The number of benzene rings is 1.